The summed E-state index contributed by atoms with van der Waals surface area (Å²) in [5, 5.41) is 11.3. The highest BCUT2D eigenvalue weighted by atomic mass is 16.5. The number of ether oxygens (including phenoxy) is 1. The molecule has 0 aromatic carbocycles. The number of carbonyl (C=O) groups is 2. The number of aliphatic carboxylic acids is 1. The Labute approximate surface area is 105 Å². The zero-order valence-corrected chi connectivity index (χ0v) is 10.2. The largest absolute Gasteiger partial charge is 0.480 e. The van der Waals surface area contributed by atoms with Crippen LogP contribution >= 0.6 is 0 Å². The topological polar surface area (TPSA) is 104 Å². The zero-order chi connectivity index (χ0) is 13.4. The molecule has 1 aromatic rings. The van der Waals surface area contributed by atoms with Gasteiger partial charge in [0.25, 0.3) is 0 Å². The van der Waals surface area contributed by atoms with Crippen molar-refractivity contribution < 1.29 is 19.4 Å². The van der Waals surface area contributed by atoms with E-state index in [9.17, 15) is 9.59 Å². The Morgan fingerprint density at radius 1 is 1.61 bits per heavy atom. The molecule has 1 heterocycles. The Hall–Kier alpha value is -2.05. The molecule has 7 heteroatoms. The molecule has 0 aliphatic rings. The van der Waals surface area contributed by atoms with Crippen molar-refractivity contribution in [2.24, 2.45) is 0 Å². The van der Waals surface area contributed by atoms with Crippen molar-refractivity contribution >= 4 is 12.1 Å². The first-order valence-corrected chi connectivity index (χ1v) is 5.76. The van der Waals surface area contributed by atoms with Gasteiger partial charge in [0.05, 0.1) is 12.9 Å². The van der Waals surface area contributed by atoms with Crippen molar-refractivity contribution in [2.75, 3.05) is 6.61 Å². The van der Waals surface area contributed by atoms with Gasteiger partial charge in [0.15, 0.2) is 0 Å². The van der Waals surface area contributed by atoms with Gasteiger partial charge in [-0.1, -0.05) is 13.3 Å². The fourth-order valence-electron chi connectivity index (χ4n) is 1.31. The van der Waals surface area contributed by atoms with E-state index in [1.807, 2.05) is 6.92 Å². The SMILES string of the molecule is CCCCOC(=O)N[C@H](Cc1cnc[nH]1)C(=O)O. The molecule has 100 valence electrons. The first kappa shape index (κ1) is 14.0. The fraction of sp³-hybridized carbons (Fsp3) is 0.545. The number of H-pyrrole nitrogens is 1. The van der Waals surface area contributed by atoms with Gasteiger partial charge in [0.1, 0.15) is 6.04 Å². The van der Waals surface area contributed by atoms with Crippen LogP contribution in [0.25, 0.3) is 0 Å². The fourth-order valence-corrected chi connectivity index (χ4v) is 1.31. The lowest BCUT2D eigenvalue weighted by molar-refractivity contribution is -0.139. The number of amides is 1. The summed E-state index contributed by atoms with van der Waals surface area (Å²) >= 11 is 0. The van der Waals surface area contributed by atoms with Gasteiger partial charge < -0.3 is 20.1 Å². The summed E-state index contributed by atoms with van der Waals surface area (Å²) in [4.78, 5) is 28.9. The molecule has 0 aliphatic carbocycles. The second-order valence-corrected chi connectivity index (χ2v) is 3.81. The van der Waals surface area contributed by atoms with Crippen molar-refractivity contribution in [1.82, 2.24) is 15.3 Å². The summed E-state index contributed by atoms with van der Waals surface area (Å²) in [7, 11) is 0. The highest BCUT2D eigenvalue weighted by molar-refractivity contribution is 5.80. The highest BCUT2D eigenvalue weighted by Crippen LogP contribution is 1.99. The number of nitrogens with one attached hydrogen (secondary N) is 2. The molecule has 18 heavy (non-hydrogen) atoms. The molecule has 1 aromatic heterocycles. The van der Waals surface area contributed by atoms with Crippen LogP contribution in [-0.2, 0) is 16.0 Å². The Morgan fingerprint density at radius 3 is 2.94 bits per heavy atom. The van der Waals surface area contributed by atoms with Crippen LogP contribution < -0.4 is 5.32 Å². The van der Waals surface area contributed by atoms with E-state index in [1.54, 1.807) is 0 Å². The standard InChI is InChI=1S/C11H17N3O4/c1-2-3-4-18-11(17)14-9(10(15)16)5-8-6-12-7-13-8/h6-7,9H,2-5H2,1H3,(H,12,13)(H,14,17)(H,15,16)/t9-/m1/s1. The first-order valence-electron chi connectivity index (χ1n) is 5.76. The van der Waals surface area contributed by atoms with Crippen molar-refractivity contribution in [3.63, 3.8) is 0 Å². The minimum absolute atomic E-state index is 0.137. The Balaban J connectivity index is 2.42. The van der Waals surface area contributed by atoms with E-state index in [0.717, 1.165) is 12.8 Å². The number of alkyl carbamates (subject to hydrolysis) is 1. The maximum atomic E-state index is 11.3. The quantitative estimate of drug-likeness (QED) is 0.629. The van der Waals surface area contributed by atoms with Gasteiger partial charge in [-0.15, -0.1) is 0 Å². The van der Waals surface area contributed by atoms with Crippen LogP contribution in [0, 0.1) is 0 Å². The van der Waals surface area contributed by atoms with Crippen LogP contribution in [0.1, 0.15) is 25.5 Å². The third-order valence-corrected chi connectivity index (χ3v) is 2.30. The van der Waals surface area contributed by atoms with Gasteiger partial charge >= 0.3 is 12.1 Å². The number of carboxylic acid groups (broad SMARTS) is 1. The van der Waals surface area contributed by atoms with E-state index in [0.29, 0.717) is 12.3 Å². The summed E-state index contributed by atoms with van der Waals surface area (Å²) < 4.78 is 4.84. The molecule has 0 radical (unpaired) electrons. The van der Waals surface area contributed by atoms with Gasteiger partial charge in [-0.3, -0.25) is 0 Å². The Bertz CT molecular complexity index is 378. The van der Waals surface area contributed by atoms with Gasteiger partial charge in [0, 0.05) is 18.3 Å². The second-order valence-electron chi connectivity index (χ2n) is 3.81. The molecular formula is C11H17N3O4. The smallest absolute Gasteiger partial charge is 0.407 e. The van der Waals surface area contributed by atoms with Crippen LogP contribution in [0.5, 0.6) is 0 Å². The third-order valence-electron chi connectivity index (χ3n) is 2.30. The molecule has 3 N–H and O–H groups in total. The number of nitrogens with zero attached hydrogens (tertiary/aromatic N) is 1. The van der Waals surface area contributed by atoms with E-state index in [2.05, 4.69) is 15.3 Å². The van der Waals surface area contributed by atoms with Gasteiger partial charge in [-0.05, 0) is 6.42 Å². The molecule has 1 amide bonds. The number of aromatic nitrogens is 2. The molecule has 0 aliphatic heterocycles. The number of rotatable bonds is 7. The predicted molar refractivity (Wildman–Crippen MR) is 63.1 cm³/mol. The summed E-state index contributed by atoms with van der Waals surface area (Å²) in [5.41, 5.74) is 0.635. The second kappa shape index (κ2) is 7.31. The lowest BCUT2D eigenvalue weighted by Gasteiger charge is -2.13. The van der Waals surface area contributed by atoms with E-state index < -0.39 is 18.1 Å². The third kappa shape index (κ3) is 4.86. The molecule has 0 bridgehead atoms. The lowest BCUT2D eigenvalue weighted by Crippen LogP contribution is -2.42. The number of hydrogen-bond acceptors (Lipinski definition) is 4. The average molecular weight is 255 g/mol. The number of imidazole rings is 1. The van der Waals surface area contributed by atoms with Gasteiger partial charge in [-0.2, -0.15) is 0 Å². The molecule has 0 saturated carbocycles. The van der Waals surface area contributed by atoms with Gasteiger partial charge in [-0.25, -0.2) is 14.6 Å². The monoisotopic (exact) mass is 255 g/mol. The van der Waals surface area contributed by atoms with Crippen LogP contribution in [-0.4, -0.2) is 39.8 Å². The van der Waals surface area contributed by atoms with E-state index in [4.69, 9.17) is 9.84 Å². The summed E-state index contributed by atoms with van der Waals surface area (Å²) in [6.45, 7) is 2.26. The molecule has 0 fully saturated rings. The number of carbonyl (C=O) groups excluding carboxylic acids is 1. The lowest BCUT2D eigenvalue weighted by atomic mass is 10.2. The number of hydrogen-bond donors (Lipinski definition) is 3. The molecule has 1 rings (SSSR count). The maximum absolute atomic E-state index is 11.3. The normalized spacial score (nSPS) is 11.8. The molecule has 0 saturated heterocycles. The average Bonchev–Trinajstić information content (AvgIpc) is 2.81. The van der Waals surface area contributed by atoms with Crippen LogP contribution in [0.2, 0.25) is 0 Å². The zero-order valence-electron chi connectivity index (χ0n) is 10.2. The molecule has 1 atom stereocenters. The van der Waals surface area contributed by atoms with E-state index in [1.165, 1.54) is 12.5 Å². The first-order chi connectivity index (χ1) is 8.63. The Morgan fingerprint density at radius 2 is 2.39 bits per heavy atom. The minimum atomic E-state index is -1.11. The number of carboxylic acids is 1. The minimum Gasteiger partial charge on any atom is -0.480 e. The molecule has 7 nitrogen and oxygen atoms in total. The van der Waals surface area contributed by atoms with Crippen LogP contribution in [0.3, 0.4) is 0 Å². The summed E-state index contributed by atoms with van der Waals surface area (Å²) in [5.74, 6) is -1.11. The molecular weight excluding hydrogens is 238 g/mol. The van der Waals surface area contributed by atoms with E-state index >= 15 is 0 Å². The Kier molecular flexibility index (Phi) is 5.69. The molecule has 0 unspecified atom stereocenters. The van der Waals surface area contributed by atoms with Crippen LogP contribution in [0.15, 0.2) is 12.5 Å². The van der Waals surface area contributed by atoms with Crippen LogP contribution in [0.4, 0.5) is 4.79 Å². The summed E-state index contributed by atoms with van der Waals surface area (Å²) in [6, 6.07) is -1.03. The van der Waals surface area contributed by atoms with Gasteiger partial charge in [0.2, 0.25) is 0 Å². The van der Waals surface area contributed by atoms with E-state index in [-0.39, 0.29) is 6.42 Å². The number of aromatic amines is 1. The number of unbranched alkanes of at least 4 members (excludes halogenated alkanes) is 1. The summed E-state index contributed by atoms with van der Waals surface area (Å²) in [6.07, 6.45) is 4.05. The van der Waals surface area contributed by atoms with Crippen molar-refractivity contribution in [2.45, 2.75) is 32.2 Å². The van der Waals surface area contributed by atoms with Crippen molar-refractivity contribution in [3.8, 4) is 0 Å². The highest BCUT2D eigenvalue weighted by Gasteiger charge is 2.21. The molecule has 0 spiro atoms. The predicted octanol–water partition coefficient (Wildman–Crippen LogP) is 0.932. The maximum Gasteiger partial charge on any atom is 0.407 e. The van der Waals surface area contributed by atoms with Crippen molar-refractivity contribution in [3.05, 3.63) is 18.2 Å². The van der Waals surface area contributed by atoms with Crippen molar-refractivity contribution in [1.29, 1.82) is 0 Å².